The van der Waals surface area contributed by atoms with E-state index in [-0.39, 0.29) is 25.1 Å². The molecule has 9 heteroatoms. The Morgan fingerprint density at radius 1 is 1.10 bits per heavy atom. The molecule has 0 fully saturated rings. The minimum absolute atomic E-state index is 0.00533. The molecule has 2 aromatic heterocycles. The molecule has 4 aromatic rings. The summed E-state index contributed by atoms with van der Waals surface area (Å²) in [6.45, 7) is 1.87. The molecule has 0 atom stereocenters. The number of esters is 1. The minimum Gasteiger partial charge on any atom is -0.461 e. The smallest absolute Gasteiger partial charge is 0.308 e. The van der Waals surface area contributed by atoms with E-state index in [1.165, 1.54) is 0 Å². The highest BCUT2D eigenvalue weighted by Gasteiger charge is 2.17. The van der Waals surface area contributed by atoms with Gasteiger partial charge in [-0.25, -0.2) is 9.36 Å². The zero-order valence-electron chi connectivity index (χ0n) is 16.2. The zero-order chi connectivity index (χ0) is 21.1. The monoisotopic (exact) mass is 423 g/mol. The van der Waals surface area contributed by atoms with Gasteiger partial charge in [-0.2, -0.15) is 5.10 Å². The maximum atomic E-state index is 12.4. The van der Waals surface area contributed by atoms with E-state index in [4.69, 9.17) is 16.3 Å². The zero-order valence-corrected chi connectivity index (χ0v) is 16.9. The van der Waals surface area contributed by atoms with E-state index in [1.807, 2.05) is 30.3 Å². The first-order chi connectivity index (χ1) is 14.5. The molecule has 2 heterocycles. The number of para-hydroxylation sites is 1. The van der Waals surface area contributed by atoms with Crippen LogP contribution in [0.3, 0.4) is 0 Å². The highest BCUT2D eigenvalue weighted by atomic mass is 35.5. The van der Waals surface area contributed by atoms with Crippen LogP contribution in [0.15, 0.2) is 59.4 Å². The molecule has 8 nitrogen and oxygen atoms in total. The summed E-state index contributed by atoms with van der Waals surface area (Å²) in [5.41, 5.74) is 2.35. The van der Waals surface area contributed by atoms with Crippen LogP contribution in [0.25, 0.3) is 16.6 Å². The van der Waals surface area contributed by atoms with Crippen LogP contribution in [-0.2, 0) is 22.7 Å². The molecule has 0 saturated carbocycles. The van der Waals surface area contributed by atoms with Gasteiger partial charge in [0, 0.05) is 5.56 Å². The third-order valence-electron chi connectivity index (χ3n) is 4.66. The quantitative estimate of drug-likeness (QED) is 0.442. The lowest BCUT2D eigenvalue weighted by Gasteiger charge is -2.07. The van der Waals surface area contributed by atoms with Crippen LogP contribution in [0.2, 0.25) is 5.15 Å². The number of ether oxygens (including phenoxy) is 1. The second kappa shape index (κ2) is 8.46. The van der Waals surface area contributed by atoms with Crippen molar-refractivity contribution in [3.63, 3.8) is 0 Å². The standard InChI is InChI=1S/C21H18ClN5O3/c1-14-17(20(22)27(24-14)15-7-3-2-4-8-15)13-30-19(28)11-12-26-21(29)16-9-5-6-10-18(16)23-25-26/h2-10H,11-13H2,1H3. The van der Waals surface area contributed by atoms with Crippen molar-refractivity contribution < 1.29 is 9.53 Å². The number of carbonyl (C=O) groups is 1. The summed E-state index contributed by atoms with van der Waals surface area (Å²) >= 11 is 6.44. The molecule has 0 amide bonds. The van der Waals surface area contributed by atoms with Crippen molar-refractivity contribution >= 4 is 28.5 Å². The van der Waals surface area contributed by atoms with Crippen molar-refractivity contribution in [2.45, 2.75) is 26.5 Å². The van der Waals surface area contributed by atoms with Gasteiger partial charge in [0.2, 0.25) is 0 Å². The molecule has 4 rings (SSSR count). The number of nitrogens with zero attached hydrogens (tertiary/aromatic N) is 5. The maximum Gasteiger partial charge on any atom is 0.308 e. The van der Waals surface area contributed by atoms with Crippen LogP contribution in [0.5, 0.6) is 0 Å². The number of aryl methyl sites for hydroxylation is 2. The largest absolute Gasteiger partial charge is 0.461 e. The second-order valence-corrected chi connectivity index (χ2v) is 7.01. The van der Waals surface area contributed by atoms with Gasteiger partial charge >= 0.3 is 5.97 Å². The number of hydrogen-bond acceptors (Lipinski definition) is 6. The fraction of sp³-hybridized carbons (Fsp3) is 0.190. The van der Waals surface area contributed by atoms with Gasteiger partial charge in [-0.15, -0.1) is 5.10 Å². The third kappa shape index (κ3) is 3.95. The van der Waals surface area contributed by atoms with Crippen LogP contribution < -0.4 is 5.56 Å². The molecule has 0 bridgehead atoms. The molecule has 0 aliphatic carbocycles. The Bertz CT molecular complexity index is 1270. The van der Waals surface area contributed by atoms with Gasteiger partial charge in [0.05, 0.1) is 29.7 Å². The van der Waals surface area contributed by atoms with Crippen LogP contribution >= 0.6 is 11.6 Å². The highest BCUT2D eigenvalue weighted by molar-refractivity contribution is 6.30. The van der Waals surface area contributed by atoms with E-state index in [1.54, 1.807) is 35.9 Å². The lowest BCUT2D eigenvalue weighted by atomic mass is 10.2. The summed E-state index contributed by atoms with van der Waals surface area (Å²) in [6, 6.07) is 16.4. The molecule has 0 radical (unpaired) electrons. The Labute approximate surface area is 176 Å². The number of aromatic nitrogens is 5. The molecular formula is C21H18ClN5O3. The van der Waals surface area contributed by atoms with Crippen molar-refractivity contribution in [2.75, 3.05) is 0 Å². The first-order valence-electron chi connectivity index (χ1n) is 9.32. The Kier molecular flexibility index (Phi) is 5.58. The van der Waals surface area contributed by atoms with Gasteiger partial charge in [-0.05, 0) is 31.2 Å². The summed E-state index contributed by atoms with van der Waals surface area (Å²) < 4.78 is 8.11. The number of benzene rings is 2. The molecule has 0 aliphatic heterocycles. The first kappa shape index (κ1) is 19.8. The van der Waals surface area contributed by atoms with Crippen LogP contribution in [0.1, 0.15) is 17.7 Å². The van der Waals surface area contributed by atoms with E-state index in [2.05, 4.69) is 15.4 Å². The number of carbonyl (C=O) groups excluding carboxylic acids is 1. The van der Waals surface area contributed by atoms with Crippen LogP contribution in [0, 0.1) is 6.92 Å². The Hall–Kier alpha value is -3.52. The number of rotatable bonds is 6. The van der Waals surface area contributed by atoms with Gasteiger partial charge in [0.25, 0.3) is 5.56 Å². The average molecular weight is 424 g/mol. The lowest BCUT2D eigenvalue weighted by Crippen LogP contribution is -2.25. The van der Waals surface area contributed by atoms with E-state index in [0.29, 0.717) is 27.3 Å². The van der Waals surface area contributed by atoms with Crippen LogP contribution in [-0.4, -0.2) is 30.7 Å². The molecule has 0 N–H and O–H groups in total. The fourth-order valence-electron chi connectivity index (χ4n) is 3.03. The minimum atomic E-state index is -0.472. The summed E-state index contributed by atoms with van der Waals surface area (Å²) in [5, 5.41) is 13.1. The van der Waals surface area contributed by atoms with Gasteiger partial charge in [0.1, 0.15) is 17.3 Å². The molecule has 0 unspecified atom stereocenters. The number of hydrogen-bond donors (Lipinski definition) is 0. The Morgan fingerprint density at radius 3 is 2.63 bits per heavy atom. The Morgan fingerprint density at radius 2 is 1.83 bits per heavy atom. The van der Waals surface area contributed by atoms with Crippen LogP contribution in [0.4, 0.5) is 0 Å². The molecule has 2 aromatic carbocycles. The van der Waals surface area contributed by atoms with E-state index < -0.39 is 5.97 Å². The van der Waals surface area contributed by atoms with Crippen molar-refractivity contribution in [3.05, 3.63) is 81.4 Å². The van der Waals surface area contributed by atoms with Gasteiger partial charge in [-0.3, -0.25) is 9.59 Å². The molecule has 0 spiro atoms. The first-order valence-corrected chi connectivity index (χ1v) is 9.70. The summed E-state index contributed by atoms with van der Waals surface area (Å²) in [5.74, 6) is -0.472. The molecule has 0 aliphatic rings. The number of halogens is 1. The average Bonchev–Trinajstić information content (AvgIpc) is 3.06. The second-order valence-electron chi connectivity index (χ2n) is 6.65. The normalized spacial score (nSPS) is 11.0. The van der Waals surface area contributed by atoms with Gasteiger partial charge in [-0.1, -0.05) is 47.1 Å². The summed E-state index contributed by atoms with van der Waals surface area (Å²) in [6.07, 6.45) is -0.0174. The molecular weight excluding hydrogens is 406 g/mol. The van der Waals surface area contributed by atoms with Crippen molar-refractivity contribution in [2.24, 2.45) is 0 Å². The topological polar surface area (TPSA) is 91.9 Å². The molecule has 30 heavy (non-hydrogen) atoms. The van der Waals surface area contributed by atoms with E-state index in [9.17, 15) is 9.59 Å². The van der Waals surface area contributed by atoms with Crippen molar-refractivity contribution in [1.29, 1.82) is 0 Å². The Balaban J connectivity index is 1.41. The fourth-order valence-corrected chi connectivity index (χ4v) is 3.35. The molecule has 152 valence electrons. The van der Waals surface area contributed by atoms with E-state index >= 15 is 0 Å². The number of fused-ring (bicyclic) bond motifs is 1. The van der Waals surface area contributed by atoms with Gasteiger partial charge < -0.3 is 4.74 Å². The van der Waals surface area contributed by atoms with Gasteiger partial charge in [0.15, 0.2) is 0 Å². The summed E-state index contributed by atoms with van der Waals surface area (Å²) in [4.78, 5) is 24.6. The maximum absolute atomic E-state index is 12.4. The predicted octanol–water partition coefficient (Wildman–Crippen LogP) is 3.07. The SMILES string of the molecule is Cc1nn(-c2ccccc2)c(Cl)c1COC(=O)CCn1nnc2ccccc2c1=O. The summed E-state index contributed by atoms with van der Waals surface area (Å²) in [7, 11) is 0. The third-order valence-corrected chi connectivity index (χ3v) is 5.05. The highest BCUT2D eigenvalue weighted by Crippen LogP contribution is 2.24. The van der Waals surface area contributed by atoms with E-state index in [0.717, 1.165) is 10.4 Å². The van der Waals surface area contributed by atoms with Crippen molar-refractivity contribution in [3.8, 4) is 5.69 Å². The van der Waals surface area contributed by atoms with Crippen molar-refractivity contribution in [1.82, 2.24) is 24.8 Å². The lowest BCUT2D eigenvalue weighted by molar-refractivity contribution is -0.145. The molecule has 0 saturated heterocycles. The predicted molar refractivity (Wildman–Crippen MR) is 112 cm³/mol.